The van der Waals surface area contributed by atoms with Crippen molar-refractivity contribution >= 4 is 45.9 Å². The maximum Gasteiger partial charge on any atom is 0.340 e. The number of fused-ring (bicyclic) bond motifs is 1. The number of nitrogens with one attached hydrogen (secondary N) is 1. The fourth-order valence-electron chi connectivity index (χ4n) is 3.72. The standard InChI is InChI=1S/C17H24ClF2N4O8PS/c18-17-22-14(21-9(1-4-19)2-5-20)10-3-6-24(15(10)23-17)16-13(26)12(25)11(32-16)7-34(30,31)8-33(27,28)29/h3,6,9,11-13,16,25-26H,1-2,4-5,7-8H2,(H,21,22,23)(H2,27,28,29)/t11-,12-,13-,16-/m1/s1. The van der Waals surface area contributed by atoms with E-state index in [1.54, 1.807) is 0 Å². The van der Waals surface area contributed by atoms with Gasteiger partial charge in [0.2, 0.25) is 5.28 Å². The second-order valence-electron chi connectivity index (χ2n) is 7.85. The molecule has 0 spiro atoms. The summed E-state index contributed by atoms with van der Waals surface area (Å²) in [6.07, 6.45) is -4.67. The predicted molar refractivity (Wildman–Crippen MR) is 118 cm³/mol. The third kappa shape index (κ3) is 6.40. The molecular weight excluding hydrogens is 525 g/mol. The van der Waals surface area contributed by atoms with Crippen LogP contribution in [0.2, 0.25) is 5.28 Å². The van der Waals surface area contributed by atoms with Gasteiger partial charge in [0.15, 0.2) is 21.6 Å². The molecule has 192 valence electrons. The molecule has 3 rings (SSSR count). The molecule has 5 N–H and O–H groups in total. The molecule has 0 amide bonds. The molecule has 12 nitrogen and oxygen atoms in total. The highest BCUT2D eigenvalue weighted by molar-refractivity contribution is 7.97. The van der Waals surface area contributed by atoms with Crippen LogP contribution in [-0.2, 0) is 19.1 Å². The second-order valence-corrected chi connectivity index (χ2v) is 12.4. The van der Waals surface area contributed by atoms with Crippen LogP contribution in [0.5, 0.6) is 0 Å². The van der Waals surface area contributed by atoms with Crippen molar-refractivity contribution in [3.63, 3.8) is 0 Å². The topological polar surface area (TPSA) is 184 Å². The minimum Gasteiger partial charge on any atom is -0.387 e. The number of aliphatic hydroxyl groups excluding tert-OH is 2. The van der Waals surface area contributed by atoms with Gasteiger partial charge in [0.05, 0.1) is 24.5 Å². The Labute approximate surface area is 198 Å². The van der Waals surface area contributed by atoms with Gasteiger partial charge >= 0.3 is 7.60 Å². The number of nitrogens with zero attached hydrogens (tertiary/aromatic N) is 3. The lowest BCUT2D eigenvalue weighted by molar-refractivity contribution is -0.0288. The van der Waals surface area contributed by atoms with Crippen molar-refractivity contribution in [1.82, 2.24) is 14.5 Å². The zero-order valence-corrected chi connectivity index (χ0v) is 20.0. The Hall–Kier alpha value is -1.45. The third-order valence-electron chi connectivity index (χ3n) is 5.20. The molecule has 0 unspecified atom stereocenters. The lowest BCUT2D eigenvalue weighted by Crippen LogP contribution is -2.35. The number of halogens is 3. The molecule has 1 saturated heterocycles. The van der Waals surface area contributed by atoms with E-state index < -0.39 is 72.6 Å². The number of hydrogen-bond acceptors (Lipinski definition) is 9. The van der Waals surface area contributed by atoms with Crippen molar-refractivity contribution in [3.8, 4) is 0 Å². The molecule has 2 aromatic rings. The van der Waals surface area contributed by atoms with E-state index in [1.165, 1.54) is 16.8 Å². The summed E-state index contributed by atoms with van der Waals surface area (Å²) in [6.45, 7) is -1.38. The fourth-order valence-corrected chi connectivity index (χ4v) is 7.14. The van der Waals surface area contributed by atoms with Crippen LogP contribution in [0, 0.1) is 0 Å². The van der Waals surface area contributed by atoms with Crippen LogP contribution in [-0.4, -0.2) is 91.9 Å². The van der Waals surface area contributed by atoms with Crippen LogP contribution in [0.25, 0.3) is 11.0 Å². The van der Waals surface area contributed by atoms with Gasteiger partial charge in [-0.15, -0.1) is 0 Å². The van der Waals surface area contributed by atoms with Gasteiger partial charge in [0, 0.05) is 12.2 Å². The van der Waals surface area contributed by atoms with Gasteiger partial charge in [-0.05, 0) is 30.5 Å². The summed E-state index contributed by atoms with van der Waals surface area (Å²) < 4.78 is 67.7. The number of alkyl halides is 2. The van der Waals surface area contributed by atoms with Crippen molar-refractivity contribution < 1.29 is 46.5 Å². The molecule has 1 aliphatic rings. The van der Waals surface area contributed by atoms with Crippen molar-refractivity contribution in [2.45, 2.75) is 43.4 Å². The summed E-state index contributed by atoms with van der Waals surface area (Å²) in [4.78, 5) is 26.0. The Morgan fingerprint density at radius 3 is 2.44 bits per heavy atom. The lowest BCUT2D eigenvalue weighted by atomic mass is 10.1. The lowest BCUT2D eigenvalue weighted by Gasteiger charge is -2.19. The molecule has 0 radical (unpaired) electrons. The summed E-state index contributed by atoms with van der Waals surface area (Å²) in [5, 5.41) is 23.8. The van der Waals surface area contributed by atoms with Gasteiger partial charge in [-0.3, -0.25) is 13.3 Å². The van der Waals surface area contributed by atoms with E-state index in [4.69, 9.17) is 26.1 Å². The molecule has 3 heterocycles. The zero-order chi connectivity index (χ0) is 25.3. The Kier molecular flexibility index (Phi) is 8.51. The molecule has 1 aliphatic heterocycles. The Bertz CT molecular complexity index is 1160. The van der Waals surface area contributed by atoms with Crippen LogP contribution in [0.4, 0.5) is 14.6 Å². The van der Waals surface area contributed by atoms with Crippen molar-refractivity contribution in [2.75, 3.05) is 29.9 Å². The van der Waals surface area contributed by atoms with E-state index in [9.17, 15) is 32.0 Å². The first-order valence-corrected chi connectivity index (χ1v) is 14.0. The van der Waals surface area contributed by atoms with E-state index in [1.807, 2.05) is 0 Å². The number of ether oxygens (including phenoxy) is 1. The molecule has 2 aromatic heterocycles. The molecule has 34 heavy (non-hydrogen) atoms. The molecule has 0 saturated carbocycles. The van der Waals surface area contributed by atoms with E-state index in [0.29, 0.717) is 5.39 Å². The van der Waals surface area contributed by atoms with E-state index in [2.05, 4.69) is 15.3 Å². The fraction of sp³-hybridized carbons (Fsp3) is 0.647. The molecule has 4 atom stereocenters. The highest BCUT2D eigenvalue weighted by Crippen LogP contribution is 2.38. The molecule has 0 bridgehead atoms. The number of rotatable bonds is 11. The van der Waals surface area contributed by atoms with Crippen molar-refractivity contribution in [1.29, 1.82) is 0 Å². The van der Waals surface area contributed by atoms with Crippen LogP contribution in [0.15, 0.2) is 12.3 Å². The first-order valence-electron chi connectivity index (χ1n) is 10.0. The molecule has 0 aliphatic carbocycles. The SMILES string of the molecule is O=P(O)(O)CS(=O)(=O)C[C@H]1O[C@@H](n2ccc3c(NC(CCF)CCF)nc(Cl)nc32)[C@H](O)[C@@H]1O. The normalized spacial score (nSPS) is 23.8. The smallest absolute Gasteiger partial charge is 0.340 e. The van der Waals surface area contributed by atoms with E-state index in [-0.39, 0.29) is 29.6 Å². The van der Waals surface area contributed by atoms with Crippen LogP contribution in [0.1, 0.15) is 19.1 Å². The van der Waals surface area contributed by atoms with Gasteiger partial charge < -0.3 is 34.6 Å². The summed E-state index contributed by atoms with van der Waals surface area (Å²) >= 11 is 6.01. The molecule has 17 heteroatoms. The highest BCUT2D eigenvalue weighted by Gasteiger charge is 2.46. The van der Waals surface area contributed by atoms with Crippen LogP contribution < -0.4 is 5.32 Å². The number of sulfone groups is 1. The molecule has 1 fully saturated rings. The average Bonchev–Trinajstić information content (AvgIpc) is 3.22. The van der Waals surface area contributed by atoms with Gasteiger partial charge in [0.1, 0.15) is 29.8 Å². The van der Waals surface area contributed by atoms with Crippen molar-refractivity contribution in [2.24, 2.45) is 0 Å². The van der Waals surface area contributed by atoms with Gasteiger partial charge in [0.25, 0.3) is 0 Å². The third-order valence-corrected chi connectivity index (χ3v) is 9.12. The van der Waals surface area contributed by atoms with E-state index in [0.717, 1.165) is 0 Å². The molecular formula is C17H24ClF2N4O8PS. The first-order chi connectivity index (χ1) is 15.8. The predicted octanol–water partition coefficient (Wildman–Crippen LogP) is 0.754. The maximum atomic E-state index is 12.8. The number of aromatic nitrogens is 3. The quantitative estimate of drug-likeness (QED) is 0.197. The largest absolute Gasteiger partial charge is 0.387 e. The van der Waals surface area contributed by atoms with Gasteiger partial charge in [-0.2, -0.15) is 4.98 Å². The number of aliphatic hydroxyl groups is 2. The number of hydrogen-bond donors (Lipinski definition) is 5. The summed E-state index contributed by atoms with van der Waals surface area (Å²) in [5.41, 5.74) is -1.31. The Morgan fingerprint density at radius 2 is 1.85 bits per heavy atom. The monoisotopic (exact) mass is 548 g/mol. The van der Waals surface area contributed by atoms with Crippen LogP contribution >= 0.6 is 19.2 Å². The van der Waals surface area contributed by atoms with Gasteiger partial charge in [-0.1, -0.05) is 0 Å². The minimum absolute atomic E-state index is 0.0230. The summed E-state index contributed by atoms with van der Waals surface area (Å²) in [7, 11) is -9.22. The van der Waals surface area contributed by atoms with Gasteiger partial charge in [-0.25, -0.2) is 13.4 Å². The first kappa shape index (κ1) is 27.1. The van der Waals surface area contributed by atoms with Crippen LogP contribution in [0.3, 0.4) is 0 Å². The minimum atomic E-state index is -4.89. The Balaban J connectivity index is 1.89. The van der Waals surface area contributed by atoms with E-state index >= 15 is 0 Å². The number of anilines is 1. The summed E-state index contributed by atoms with van der Waals surface area (Å²) in [5.74, 6) is -0.766. The van der Waals surface area contributed by atoms with Crippen molar-refractivity contribution in [3.05, 3.63) is 17.5 Å². The zero-order valence-electron chi connectivity index (χ0n) is 17.5. The highest BCUT2D eigenvalue weighted by atomic mass is 35.5. The molecule has 0 aromatic carbocycles. The summed E-state index contributed by atoms with van der Waals surface area (Å²) in [6, 6.07) is 0.933. The Morgan fingerprint density at radius 1 is 1.21 bits per heavy atom. The second kappa shape index (κ2) is 10.7. The maximum absolute atomic E-state index is 12.8. The average molecular weight is 549 g/mol.